The highest BCUT2D eigenvalue weighted by molar-refractivity contribution is 6.02. The van der Waals surface area contributed by atoms with Crippen LogP contribution in [0.15, 0.2) is 97.7 Å². The summed E-state index contributed by atoms with van der Waals surface area (Å²) in [6.07, 6.45) is 6.17. The Morgan fingerprint density at radius 1 is 0.974 bits per heavy atom. The minimum Gasteiger partial charge on any atom is -0.508 e. The first-order valence-corrected chi connectivity index (χ1v) is 13.6. The van der Waals surface area contributed by atoms with E-state index in [2.05, 4.69) is 83.2 Å². The van der Waals surface area contributed by atoms with E-state index in [1.807, 2.05) is 18.3 Å². The van der Waals surface area contributed by atoms with E-state index in [9.17, 15) is 5.11 Å². The monoisotopic (exact) mass is 500 g/mol. The Hall–Kier alpha value is -3.73. The fourth-order valence-corrected chi connectivity index (χ4v) is 6.94. The molecule has 0 amide bonds. The van der Waals surface area contributed by atoms with Gasteiger partial charge in [0.05, 0.1) is 18.2 Å². The van der Waals surface area contributed by atoms with Gasteiger partial charge in [0, 0.05) is 24.2 Å². The van der Waals surface area contributed by atoms with Crippen LogP contribution in [0.5, 0.6) is 5.75 Å². The number of ether oxygens (including phenoxy) is 1. The maximum atomic E-state index is 10.4. The van der Waals surface area contributed by atoms with Crippen molar-refractivity contribution in [3.05, 3.63) is 109 Å². The molecule has 4 aromatic carbocycles. The molecule has 2 bridgehead atoms. The molecule has 1 aromatic heterocycles. The Morgan fingerprint density at radius 3 is 2.45 bits per heavy atom. The highest BCUT2D eigenvalue weighted by atomic mass is 16.5. The van der Waals surface area contributed by atoms with E-state index >= 15 is 0 Å². The summed E-state index contributed by atoms with van der Waals surface area (Å²) in [7, 11) is 0. The minimum absolute atomic E-state index is 0.145. The zero-order chi connectivity index (χ0) is 25.6. The number of piperidine rings is 3. The summed E-state index contributed by atoms with van der Waals surface area (Å²) in [6, 6.07) is 27.2. The van der Waals surface area contributed by atoms with Gasteiger partial charge in [0.2, 0.25) is 0 Å². The third-order valence-corrected chi connectivity index (χ3v) is 8.86. The molecule has 4 nitrogen and oxygen atoms in total. The topological polar surface area (TPSA) is 45.6 Å². The van der Waals surface area contributed by atoms with Crippen molar-refractivity contribution in [1.29, 1.82) is 0 Å². The number of hydrogen-bond acceptors (Lipinski definition) is 4. The average molecular weight is 501 g/mol. The van der Waals surface area contributed by atoms with Gasteiger partial charge in [-0.15, -0.1) is 6.58 Å². The van der Waals surface area contributed by atoms with Crippen LogP contribution in [0.1, 0.15) is 30.1 Å². The first kappa shape index (κ1) is 23.4. The molecular weight excluding hydrogens is 468 g/mol. The molecule has 8 rings (SSSR count). The van der Waals surface area contributed by atoms with Crippen molar-refractivity contribution < 1.29 is 9.84 Å². The minimum atomic E-state index is -0.145. The second kappa shape index (κ2) is 9.54. The van der Waals surface area contributed by atoms with E-state index < -0.39 is 0 Å². The van der Waals surface area contributed by atoms with E-state index in [-0.39, 0.29) is 17.9 Å². The van der Waals surface area contributed by atoms with Gasteiger partial charge < -0.3 is 9.84 Å². The summed E-state index contributed by atoms with van der Waals surface area (Å²) < 4.78 is 7.06. The summed E-state index contributed by atoms with van der Waals surface area (Å²) in [5.74, 6) is 1.43. The van der Waals surface area contributed by atoms with Gasteiger partial charge in [-0.1, -0.05) is 54.6 Å². The van der Waals surface area contributed by atoms with E-state index in [4.69, 9.17) is 4.74 Å². The number of fused-ring (bicyclic) bond motifs is 6. The quantitative estimate of drug-likeness (QED) is 0.195. The maximum Gasteiger partial charge on any atom is 0.116 e. The lowest BCUT2D eigenvalue weighted by molar-refractivity contribution is -0.0799. The third-order valence-electron chi connectivity index (χ3n) is 8.86. The molecule has 0 saturated carbocycles. The summed E-state index contributed by atoms with van der Waals surface area (Å²) in [4.78, 5) is 7.19. The molecule has 38 heavy (non-hydrogen) atoms. The number of aromatic nitrogens is 1. The van der Waals surface area contributed by atoms with Crippen molar-refractivity contribution in [2.24, 2.45) is 11.8 Å². The average Bonchev–Trinajstić information content (AvgIpc) is 2.97. The molecule has 190 valence electrons. The van der Waals surface area contributed by atoms with Crippen LogP contribution in [0.4, 0.5) is 0 Å². The molecule has 0 aliphatic carbocycles. The Bertz CT molecular complexity index is 1610. The molecular formula is C34H32N2O2. The van der Waals surface area contributed by atoms with Crippen molar-refractivity contribution >= 4 is 32.4 Å². The molecule has 0 spiro atoms. The summed E-state index contributed by atoms with van der Waals surface area (Å²) >= 11 is 0. The van der Waals surface area contributed by atoms with E-state index in [0.29, 0.717) is 18.4 Å². The molecule has 1 N–H and O–H groups in total. The van der Waals surface area contributed by atoms with Crippen LogP contribution < -0.4 is 0 Å². The molecule has 3 aliphatic rings. The smallest absolute Gasteiger partial charge is 0.116 e. The molecule has 4 heterocycles. The highest BCUT2D eigenvalue weighted by Gasteiger charge is 2.43. The maximum absolute atomic E-state index is 10.4. The van der Waals surface area contributed by atoms with Crippen molar-refractivity contribution in [1.82, 2.24) is 9.88 Å². The number of rotatable bonds is 6. The van der Waals surface area contributed by atoms with Crippen molar-refractivity contribution in [2.45, 2.75) is 31.6 Å². The second-order valence-corrected chi connectivity index (χ2v) is 10.9. The van der Waals surface area contributed by atoms with Crippen LogP contribution in [-0.4, -0.2) is 34.1 Å². The summed E-state index contributed by atoms with van der Waals surface area (Å²) in [5.41, 5.74) is 3.21. The number of nitrogens with zero attached hydrogens (tertiary/aromatic N) is 2. The first-order chi connectivity index (χ1) is 18.7. The van der Waals surface area contributed by atoms with E-state index in [1.54, 1.807) is 6.07 Å². The van der Waals surface area contributed by atoms with Crippen LogP contribution in [0.3, 0.4) is 0 Å². The van der Waals surface area contributed by atoms with Crippen LogP contribution in [0.25, 0.3) is 32.4 Å². The van der Waals surface area contributed by atoms with Crippen molar-refractivity contribution in [3.63, 3.8) is 0 Å². The Morgan fingerprint density at radius 2 is 1.74 bits per heavy atom. The molecule has 3 fully saturated rings. The molecule has 0 radical (unpaired) electrons. The predicted molar refractivity (Wildman–Crippen MR) is 154 cm³/mol. The highest BCUT2D eigenvalue weighted by Crippen LogP contribution is 2.44. The number of pyridine rings is 1. The number of phenolic OH excluding ortho intramolecular Hbond substituents is 1. The van der Waals surface area contributed by atoms with Crippen LogP contribution in [-0.2, 0) is 11.3 Å². The van der Waals surface area contributed by atoms with Gasteiger partial charge in [0.25, 0.3) is 0 Å². The van der Waals surface area contributed by atoms with Gasteiger partial charge in [0.15, 0.2) is 0 Å². The molecule has 1 unspecified atom stereocenters. The second-order valence-electron chi connectivity index (χ2n) is 10.9. The predicted octanol–water partition coefficient (Wildman–Crippen LogP) is 7.40. The van der Waals surface area contributed by atoms with Crippen molar-refractivity contribution in [3.8, 4) is 5.75 Å². The first-order valence-electron chi connectivity index (χ1n) is 13.6. The van der Waals surface area contributed by atoms with Crippen LogP contribution >= 0.6 is 0 Å². The number of phenols is 1. The van der Waals surface area contributed by atoms with Crippen molar-refractivity contribution in [2.75, 3.05) is 13.1 Å². The normalized spacial score (nSPS) is 23.7. The van der Waals surface area contributed by atoms with Crippen LogP contribution in [0.2, 0.25) is 0 Å². The lowest BCUT2D eigenvalue weighted by Gasteiger charge is -2.51. The fourth-order valence-electron chi connectivity index (χ4n) is 6.94. The lowest BCUT2D eigenvalue weighted by atomic mass is 9.73. The molecule has 5 aromatic rings. The van der Waals surface area contributed by atoms with Gasteiger partial charge in [-0.25, -0.2) is 0 Å². The Kier molecular flexibility index (Phi) is 5.87. The van der Waals surface area contributed by atoms with Crippen LogP contribution in [0, 0.1) is 11.8 Å². The lowest BCUT2D eigenvalue weighted by Crippen LogP contribution is -2.55. The van der Waals surface area contributed by atoms with Gasteiger partial charge in [-0.05, 0) is 94.2 Å². The molecule has 4 heteroatoms. The van der Waals surface area contributed by atoms with E-state index in [1.165, 1.54) is 33.5 Å². The summed E-state index contributed by atoms with van der Waals surface area (Å²) in [6.45, 7) is 6.75. The van der Waals surface area contributed by atoms with Gasteiger partial charge in [-0.3, -0.25) is 9.88 Å². The Balaban J connectivity index is 1.34. The zero-order valence-corrected chi connectivity index (χ0v) is 21.5. The number of hydrogen-bond donors (Lipinski definition) is 1. The number of aromatic hydroxyl groups is 1. The number of benzene rings is 4. The van der Waals surface area contributed by atoms with Gasteiger partial charge in [-0.2, -0.15) is 0 Å². The van der Waals surface area contributed by atoms with E-state index in [0.717, 1.165) is 36.0 Å². The van der Waals surface area contributed by atoms with Gasteiger partial charge in [0.1, 0.15) is 5.75 Å². The zero-order valence-electron chi connectivity index (χ0n) is 21.5. The SMILES string of the molecule is C=C[C@H]1CN2CC[C@H]1C[C@H]2[C@H](OCc1c2ccccc2cc2ccccc12)c1ccnc2ccc(O)cc12. The standard InChI is InChI=1S/C34H32N2O2/c1-2-22-20-36-16-14-23(22)18-33(36)34(29-13-15-35-32-12-11-26(37)19-30(29)32)38-21-31-27-9-5-3-7-24(27)17-25-8-4-6-10-28(25)31/h2-13,15,17,19,22-23,33-34,37H,1,14,16,18,20-21H2/t22-,23-,33-,34+/m0/s1. The largest absolute Gasteiger partial charge is 0.508 e. The fraction of sp³-hybridized carbons (Fsp3) is 0.265. The molecule has 3 saturated heterocycles. The molecule has 3 aliphatic heterocycles. The summed E-state index contributed by atoms with van der Waals surface area (Å²) in [5, 5.41) is 16.3. The molecule has 5 atom stereocenters. The van der Waals surface area contributed by atoms with Gasteiger partial charge >= 0.3 is 0 Å². The third kappa shape index (κ3) is 3.96. The Labute approximate surface area is 223 Å².